The van der Waals surface area contributed by atoms with Crippen molar-refractivity contribution in [2.75, 3.05) is 6.54 Å². The normalized spacial score (nSPS) is 10.4. The second kappa shape index (κ2) is 7.48. The lowest BCUT2D eigenvalue weighted by atomic mass is 10.1. The summed E-state index contributed by atoms with van der Waals surface area (Å²) in [4.78, 5) is 27.7. The molecule has 7 heteroatoms. The minimum atomic E-state index is -0.337. The highest BCUT2D eigenvalue weighted by Gasteiger charge is 2.06. The first-order valence-electron chi connectivity index (χ1n) is 7.66. The molecule has 0 atom stereocenters. The number of nitrogens with one attached hydrogen (secondary N) is 1. The van der Waals surface area contributed by atoms with Crippen molar-refractivity contribution >= 4 is 5.91 Å². The summed E-state index contributed by atoms with van der Waals surface area (Å²) < 4.78 is 14.3. The fourth-order valence-corrected chi connectivity index (χ4v) is 2.26. The standard InChI is InChI=1S/C18H15FN4O2/c19-15-3-1-13(2-4-15)16-5-6-17(24)23(22-16)12-11-21-18(25)14-7-9-20-10-8-14/h1-10H,11-12H2,(H,21,25). The highest BCUT2D eigenvalue weighted by molar-refractivity contribution is 5.93. The lowest BCUT2D eigenvalue weighted by Crippen LogP contribution is -2.31. The van der Waals surface area contributed by atoms with Crippen LogP contribution in [0.2, 0.25) is 0 Å². The van der Waals surface area contributed by atoms with Crippen LogP contribution in [0.1, 0.15) is 10.4 Å². The summed E-state index contributed by atoms with van der Waals surface area (Å²) in [5, 5.41) is 6.99. The molecule has 0 aliphatic heterocycles. The fourth-order valence-electron chi connectivity index (χ4n) is 2.26. The van der Waals surface area contributed by atoms with Gasteiger partial charge in [0.05, 0.1) is 12.2 Å². The predicted octanol–water partition coefficient (Wildman–Crippen LogP) is 1.87. The Morgan fingerprint density at radius 1 is 1.04 bits per heavy atom. The molecule has 6 nitrogen and oxygen atoms in total. The Kier molecular flexibility index (Phi) is 4.94. The third kappa shape index (κ3) is 4.14. The Bertz CT molecular complexity index is 924. The van der Waals surface area contributed by atoms with Crippen molar-refractivity contribution < 1.29 is 9.18 Å². The zero-order chi connectivity index (χ0) is 17.6. The lowest BCUT2D eigenvalue weighted by molar-refractivity contribution is 0.0951. The summed E-state index contributed by atoms with van der Waals surface area (Å²) in [5.74, 6) is -0.582. The van der Waals surface area contributed by atoms with Crippen LogP contribution >= 0.6 is 0 Å². The van der Waals surface area contributed by atoms with Crippen molar-refractivity contribution in [3.8, 4) is 11.3 Å². The van der Waals surface area contributed by atoms with Crippen molar-refractivity contribution in [1.29, 1.82) is 0 Å². The van der Waals surface area contributed by atoms with Crippen LogP contribution in [0.4, 0.5) is 4.39 Å². The Morgan fingerprint density at radius 3 is 2.48 bits per heavy atom. The third-order valence-corrected chi connectivity index (χ3v) is 3.56. The van der Waals surface area contributed by atoms with Gasteiger partial charge in [-0.25, -0.2) is 9.07 Å². The van der Waals surface area contributed by atoms with Gasteiger partial charge in [0.15, 0.2) is 0 Å². The Labute approximate surface area is 143 Å². The minimum Gasteiger partial charge on any atom is -0.350 e. The Hall–Kier alpha value is -3.35. The van der Waals surface area contributed by atoms with Crippen LogP contribution in [-0.4, -0.2) is 27.2 Å². The fraction of sp³-hybridized carbons (Fsp3) is 0.111. The molecule has 2 aromatic heterocycles. The van der Waals surface area contributed by atoms with Gasteiger partial charge in [0.2, 0.25) is 0 Å². The van der Waals surface area contributed by atoms with Crippen LogP contribution in [-0.2, 0) is 6.54 Å². The SMILES string of the molecule is O=C(NCCn1nc(-c2ccc(F)cc2)ccc1=O)c1ccncc1. The molecule has 1 aromatic carbocycles. The molecular weight excluding hydrogens is 323 g/mol. The number of carbonyl (C=O) groups excluding carboxylic acids is 1. The third-order valence-electron chi connectivity index (χ3n) is 3.56. The van der Waals surface area contributed by atoms with E-state index in [2.05, 4.69) is 15.4 Å². The minimum absolute atomic E-state index is 0.227. The summed E-state index contributed by atoms with van der Waals surface area (Å²) in [6.07, 6.45) is 3.07. The van der Waals surface area contributed by atoms with Crippen LogP contribution in [0.25, 0.3) is 11.3 Å². The summed E-state index contributed by atoms with van der Waals surface area (Å²) in [7, 11) is 0. The number of hydrogen-bond acceptors (Lipinski definition) is 4. The molecule has 3 rings (SSSR count). The number of benzene rings is 1. The summed E-state index contributed by atoms with van der Waals surface area (Å²) in [6.45, 7) is 0.478. The number of rotatable bonds is 5. The van der Waals surface area contributed by atoms with Gasteiger partial charge in [-0.15, -0.1) is 0 Å². The zero-order valence-corrected chi connectivity index (χ0v) is 13.2. The van der Waals surface area contributed by atoms with Crippen molar-refractivity contribution in [3.05, 3.63) is 82.7 Å². The molecule has 25 heavy (non-hydrogen) atoms. The van der Waals surface area contributed by atoms with Gasteiger partial charge in [0, 0.05) is 36.1 Å². The second-order valence-corrected chi connectivity index (χ2v) is 5.28. The number of amides is 1. The second-order valence-electron chi connectivity index (χ2n) is 5.28. The van der Waals surface area contributed by atoms with E-state index >= 15 is 0 Å². The van der Waals surface area contributed by atoms with Gasteiger partial charge in [-0.2, -0.15) is 5.10 Å². The van der Waals surface area contributed by atoms with E-state index in [0.717, 1.165) is 0 Å². The molecule has 126 valence electrons. The number of carbonyl (C=O) groups is 1. The number of nitrogens with zero attached hydrogens (tertiary/aromatic N) is 3. The lowest BCUT2D eigenvalue weighted by Gasteiger charge is -2.08. The van der Waals surface area contributed by atoms with Crippen molar-refractivity contribution in [1.82, 2.24) is 20.1 Å². The van der Waals surface area contributed by atoms with E-state index in [0.29, 0.717) is 16.8 Å². The topological polar surface area (TPSA) is 76.9 Å². The van der Waals surface area contributed by atoms with Gasteiger partial charge >= 0.3 is 0 Å². The molecule has 0 fully saturated rings. The number of pyridine rings is 1. The van der Waals surface area contributed by atoms with Crippen molar-refractivity contribution in [2.24, 2.45) is 0 Å². The van der Waals surface area contributed by atoms with Crippen molar-refractivity contribution in [3.63, 3.8) is 0 Å². The van der Waals surface area contributed by atoms with Crippen LogP contribution in [0.5, 0.6) is 0 Å². The molecule has 0 saturated heterocycles. The first-order valence-corrected chi connectivity index (χ1v) is 7.66. The van der Waals surface area contributed by atoms with E-state index in [4.69, 9.17) is 0 Å². The van der Waals surface area contributed by atoms with Gasteiger partial charge in [-0.05, 0) is 42.5 Å². The summed E-state index contributed by atoms with van der Waals surface area (Å²) in [6, 6.07) is 12.1. The highest BCUT2D eigenvalue weighted by Crippen LogP contribution is 2.15. The summed E-state index contributed by atoms with van der Waals surface area (Å²) in [5.41, 5.74) is 1.48. The van der Waals surface area contributed by atoms with Crippen LogP contribution in [0.15, 0.2) is 65.7 Å². The Morgan fingerprint density at radius 2 is 1.76 bits per heavy atom. The summed E-state index contributed by atoms with van der Waals surface area (Å²) >= 11 is 0. The maximum atomic E-state index is 13.0. The molecule has 1 N–H and O–H groups in total. The van der Waals surface area contributed by atoms with Crippen molar-refractivity contribution in [2.45, 2.75) is 6.54 Å². The van der Waals surface area contributed by atoms with E-state index in [1.165, 1.54) is 35.3 Å². The average molecular weight is 338 g/mol. The molecule has 1 amide bonds. The maximum Gasteiger partial charge on any atom is 0.266 e. The van der Waals surface area contributed by atoms with Gasteiger partial charge in [-0.1, -0.05) is 0 Å². The average Bonchev–Trinajstić information content (AvgIpc) is 2.64. The predicted molar refractivity (Wildman–Crippen MR) is 90.5 cm³/mol. The van der Waals surface area contributed by atoms with E-state index in [9.17, 15) is 14.0 Å². The van der Waals surface area contributed by atoms with Gasteiger partial charge < -0.3 is 5.32 Å². The molecule has 0 aliphatic rings. The molecule has 0 aliphatic carbocycles. The van der Waals surface area contributed by atoms with E-state index in [1.807, 2.05) is 0 Å². The quantitative estimate of drug-likeness (QED) is 0.770. The maximum absolute atomic E-state index is 13.0. The van der Waals surface area contributed by atoms with Crippen LogP contribution < -0.4 is 10.9 Å². The molecule has 0 spiro atoms. The number of halogens is 1. The molecule has 0 bridgehead atoms. The highest BCUT2D eigenvalue weighted by atomic mass is 19.1. The largest absolute Gasteiger partial charge is 0.350 e. The molecular formula is C18H15FN4O2. The molecule has 0 saturated carbocycles. The molecule has 2 heterocycles. The number of aromatic nitrogens is 3. The molecule has 3 aromatic rings. The monoisotopic (exact) mass is 338 g/mol. The first-order chi connectivity index (χ1) is 12.1. The van der Waals surface area contributed by atoms with Gasteiger partial charge in [0.1, 0.15) is 5.82 Å². The molecule has 0 radical (unpaired) electrons. The van der Waals surface area contributed by atoms with Gasteiger partial charge in [-0.3, -0.25) is 14.6 Å². The number of hydrogen-bond donors (Lipinski definition) is 1. The van der Waals surface area contributed by atoms with Crippen LogP contribution in [0, 0.1) is 5.82 Å². The van der Waals surface area contributed by atoms with E-state index in [1.54, 1.807) is 30.3 Å². The van der Waals surface area contributed by atoms with E-state index in [-0.39, 0.29) is 30.4 Å². The van der Waals surface area contributed by atoms with E-state index < -0.39 is 0 Å². The Balaban J connectivity index is 1.68. The van der Waals surface area contributed by atoms with Gasteiger partial charge in [0.25, 0.3) is 11.5 Å². The van der Waals surface area contributed by atoms with Crippen LogP contribution in [0.3, 0.4) is 0 Å². The smallest absolute Gasteiger partial charge is 0.266 e. The molecule has 0 unspecified atom stereocenters. The zero-order valence-electron chi connectivity index (χ0n) is 13.2. The first kappa shape index (κ1) is 16.5.